The maximum Gasteiger partial charge on any atom is 0.257 e. The van der Waals surface area contributed by atoms with Gasteiger partial charge in [-0.1, -0.05) is 6.07 Å². The van der Waals surface area contributed by atoms with Crippen LogP contribution in [0.5, 0.6) is 0 Å². The Kier molecular flexibility index (Phi) is 3.06. The lowest BCUT2D eigenvalue weighted by atomic mass is 10.1. The first-order valence-corrected chi connectivity index (χ1v) is 5.66. The summed E-state index contributed by atoms with van der Waals surface area (Å²) in [5.41, 5.74) is 8.63. The smallest absolute Gasteiger partial charge is 0.257 e. The molecular formula is C13H16N4O. The van der Waals surface area contributed by atoms with E-state index in [1.54, 1.807) is 29.9 Å². The molecule has 0 atom stereocenters. The molecule has 0 aliphatic carbocycles. The van der Waals surface area contributed by atoms with Gasteiger partial charge in [0.25, 0.3) is 5.91 Å². The van der Waals surface area contributed by atoms with E-state index in [2.05, 4.69) is 10.4 Å². The van der Waals surface area contributed by atoms with Crippen LogP contribution in [0.4, 0.5) is 11.5 Å². The van der Waals surface area contributed by atoms with Crippen molar-refractivity contribution in [3.05, 3.63) is 41.1 Å². The fourth-order valence-corrected chi connectivity index (χ4v) is 1.81. The highest BCUT2D eigenvalue weighted by molar-refractivity contribution is 6.05. The Morgan fingerprint density at radius 2 is 2.11 bits per heavy atom. The summed E-state index contributed by atoms with van der Waals surface area (Å²) in [4.78, 5) is 12.1. The molecular weight excluding hydrogens is 228 g/mol. The topological polar surface area (TPSA) is 72.9 Å². The SMILES string of the molecule is Cc1cc(NC(=O)c2cccc(N)c2C)n(C)n1. The number of nitrogens with one attached hydrogen (secondary N) is 1. The van der Waals surface area contributed by atoms with E-state index in [1.807, 2.05) is 19.9 Å². The van der Waals surface area contributed by atoms with E-state index in [9.17, 15) is 4.79 Å². The molecule has 0 bridgehead atoms. The summed E-state index contributed by atoms with van der Waals surface area (Å²) in [5, 5.41) is 7.00. The molecule has 0 aliphatic heterocycles. The van der Waals surface area contributed by atoms with Crippen molar-refractivity contribution in [1.29, 1.82) is 0 Å². The molecule has 1 heterocycles. The van der Waals surface area contributed by atoms with E-state index in [0.717, 1.165) is 11.3 Å². The minimum absolute atomic E-state index is 0.178. The molecule has 5 heteroatoms. The molecule has 94 valence electrons. The predicted molar refractivity (Wildman–Crippen MR) is 71.5 cm³/mol. The van der Waals surface area contributed by atoms with E-state index in [0.29, 0.717) is 17.1 Å². The molecule has 0 aliphatic rings. The molecule has 0 radical (unpaired) electrons. The van der Waals surface area contributed by atoms with Crippen molar-refractivity contribution in [2.24, 2.45) is 7.05 Å². The Balaban J connectivity index is 2.27. The van der Waals surface area contributed by atoms with Crippen molar-refractivity contribution >= 4 is 17.4 Å². The van der Waals surface area contributed by atoms with Gasteiger partial charge < -0.3 is 11.1 Å². The summed E-state index contributed by atoms with van der Waals surface area (Å²) in [6, 6.07) is 7.12. The van der Waals surface area contributed by atoms with Gasteiger partial charge in [0.05, 0.1) is 5.69 Å². The van der Waals surface area contributed by atoms with Crippen molar-refractivity contribution in [3.63, 3.8) is 0 Å². The molecule has 1 amide bonds. The Hall–Kier alpha value is -2.30. The maximum atomic E-state index is 12.1. The number of rotatable bonds is 2. The third-order valence-electron chi connectivity index (χ3n) is 2.86. The van der Waals surface area contributed by atoms with Crippen LogP contribution in [-0.4, -0.2) is 15.7 Å². The number of aryl methyl sites for hydroxylation is 2. The molecule has 2 rings (SSSR count). The molecule has 0 spiro atoms. The summed E-state index contributed by atoms with van der Waals surface area (Å²) < 4.78 is 1.63. The molecule has 1 aromatic carbocycles. The van der Waals surface area contributed by atoms with Crippen LogP contribution in [0.1, 0.15) is 21.6 Å². The molecule has 0 fully saturated rings. The van der Waals surface area contributed by atoms with Crippen molar-refractivity contribution < 1.29 is 4.79 Å². The third-order valence-corrected chi connectivity index (χ3v) is 2.86. The Morgan fingerprint density at radius 3 is 2.72 bits per heavy atom. The quantitative estimate of drug-likeness (QED) is 0.792. The first kappa shape index (κ1) is 12.2. The molecule has 2 aromatic rings. The van der Waals surface area contributed by atoms with Gasteiger partial charge >= 0.3 is 0 Å². The summed E-state index contributed by atoms with van der Waals surface area (Å²) in [6.45, 7) is 3.71. The van der Waals surface area contributed by atoms with Gasteiger partial charge in [0.1, 0.15) is 5.82 Å². The van der Waals surface area contributed by atoms with Gasteiger partial charge in [-0.2, -0.15) is 5.10 Å². The summed E-state index contributed by atoms with van der Waals surface area (Å²) >= 11 is 0. The predicted octanol–water partition coefficient (Wildman–Crippen LogP) is 1.87. The highest BCUT2D eigenvalue weighted by atomic mass is 16.1. The number of nitrogens with zero attached hydrogens (tertiary/aromatic N) is 2. The molecule has 0 saturated heterocycles. The van der Waals surface area contributed by atoms with Gasteiger partial charge in [-0.25, -0.2) is 0 Å². The molecule has 0 saturated carbocycles. The zero-order valence-corrected chi connectivity index (χ0v) is 10.7. The van der Waals surface area contributed by atoms with Crippen LogP contribution < -0.4 is 11.1 Å². The highest BCUT2D eigenvalue weighted by Gasteiger charge is 2.12. The van der Waals surface area contributed by atoms with Crippen LogP contribution >= 0.6 is 0 Å². The minimum Gasteiger partial charge on any atom is -0.398 e. The summed E-state index contributed by atoms with van der Waals surface area (Å²) in [6.07, 6.45) is 0. The monoisotopic (exact) mass is 244 g/mol. The average Bonchev–Trinajstić information content (AvgIpc) is 2.61. The number of nitrogen functional groups attached to an aromatic ring is 1. The van der Waals surface area contributed by atoms with E-state index >= 15 is 0 Å². The summed E-state index contributed by atoms with van der Waals surface area (Å²) in [7, 11) is 1.79. The van der Waals surface area contributed by atoms with Crippen molar-refractivity contribution in [3.8, 4) is 0 Å². The fourth-order valence-electron chi connectivity index (χ4n) is 1.81. The first-order valence-electron chi connectivity index (χ1n) is 5.66. The van der Waals surface area contributed by atoms with Gasteiger partial charge in [0, 0.05) is 24.4 Å². The zero-order valence-electron chi connectivity index (χ0n) is 10.7. The van der Waals surface area contributed by atoms with E-state index in [4.69, 9.17) is 5.73 Å². The Labute approximate surface area is 106 Å². The normalized spacial score (nSPS) is 10.4. The Morgan fingerprint density at radius 1 is 1.39 bits per heavy atom. The second kappa shape index (κ2) is 4.52. The zero-order chi connectivity index (χ0) is 13.3. The number of carbonyl (C=O) groups excluding carboxylic acids is 1. The van der Waals surface area contributed by atoms with Crippen LogP contribution in [0.3, 0.4) is 0 Å². The second-order valence-electron chi connectivity index (χ2n) is 4.27. The van der Waals surface area contributed by atoms with E-state index < -0.39 is 0 Å². The minimum atomic E-state index is -0.178. The van der Waals surface area contributed by atoms with Gasteiger partial charge in [0.15, 0.2) is 0 Å². The number of benzene rings is 1. The average molecular weight is 244 g/mol. The van der Waals surface area contributed by atoms with Gasteiger partial charge in [-0.05, 0) is 31.5 Å². The largest absolute Gasteiger partial charge is 0.398 e. The number of hydrogen-bond acceptors (Lipinski definition) is 3. The van der Waals surface area contributed by atoms with Gasteiger partial charge in [-0.15, -0.1) is 0 Å². The molecule has 1 aromatic heterocycles. The molecule has 0 unspecified atom stereocenters. The van der Waals surface area contributed by atoms with Gasteiger partial charge in [-0.3, -0.25) is 9.48 Å². The number of amides is 1. The number of hydrogen-bond donors (Lipinski definition) is 2. The van der Waals surface area contributed by atoms with Crippen molar-refractivity contribution in [2.45, 2.75) is 13.8 Å². The molecule has 5 nitrogen and oxygen atoms in total. The first-order chi connectivity index (χ1) is 8.49. The molecule has 18 heavy (non-hydrogen) atoms. The number of nitrogens with two attached hydrogens (primary N) is 1. The third kappa shape index (κ3) is 2.20. The lowest BCUT2D eigenvalue weighted by Crippen LogP contribution is -2.16. The van der Waals surface area contributed by atoms with Crippen LogP contribution in [-0.2, 0) is 7.05 Å². The second-order valence-corrected chi connectivity index (χ2v) is 4.27. The van der Waals surface area contributed by atoms with Gasteiger partial charge in [0.2, 0.25) is 0 Å². The number of anilines is 2. The lowest BCUT2D eigenvalue weighted by Gasteiger charge is -2.09. The van der Waals surface area contributed by atoms with Crippen molar-refractivity contribution in [2.75, 3.05) is 11.1 Å². The van der Waals surface area contributed by atoms with Crippen LogP contribution in [0.25, 0.3) is 0 Å². The van der Waals surface area contributed by atoms with Crippen LogP contribution in [0.2, 0.25) is 0 Å². The Bertz CT molecular complexity index is 601. The van der Waals surface area contributed by atoms with Crippen molar-refractivity contribution in [1.82, 2.24) is 9.78 Å². The van der Waals surface area contributed by atoms with Crippen LogP contribution in [0, 0.1) is 13.8 Å². The standard InChI is InChI=1S/C13H16N4O/c1-8-7-12(17(3)16-8)15-13(18)10-5-4-6-11(14)9(10)2/h4-7H,14H2,1-3H3,(H,15,18). The van der Waals surface area contributed by atoms with Crippen LogP contribution in [0.15, 0.2) is 24.3 Å². The maximum absolute atomic E-state index is 12.1. The number of carbonyl (C=O) groups is 1. The molecule has 3 N–H and O–H groups in total. The number of aromatic nitrogens is 2. The lowest BCUT2D eigenvalue weighted by molar-refractivity contribution is 0.102. The highest BCUT2D eigenvalue weighted by Crippen LogP contribution is 2.17. The van der Waals surface area contributed by atoms with E-state index in [-0.39, 0.29) is 5.91 Å². The fraction of sp³-hybridized carbons (Fsp3) is 0.231. The van der Waals surface area contributed by atoms with E-state index in [1.165, 1.54) is 0 Å². The summed E-state index contributed by atoms with van der Waals surface area (Å²) in [5.74, 6) is 0.488.